The summed E-state index contributed by atoms with van der Waals surface area (Å²) in [7, 11) is -3.57. The second-order valence-corrected chi connectivity index (χ2v) is 8.10. The van der Waals surface area contributed by atoms with Crippen LogP contribution in [0.15, 0.2) is 39.6 Å². The van der Waals surface area contributed by atoms with Crippen LogP contribution in [-0.2, 0) is 29.4 Å². The predicted molar refractivity (Wildman–Crippen MR) is 92.4 cm³/mol. The number of aryl methyl sites for hydroxylation is 3. The summed E-state index contributed by atoms with van der Waals surface area (Å²) in [5, 5.41) is 1.03. The highest BCUT2D eigenvalue weighted by Crippen LogP contribution is 2.30. The Balaban J connectivity index is 1.64. The van der Waals surface area contributed by atoms with Crippen LogP contribution in [0.5, 0.6) is 0 Å². The molecule has 2 N–H and O–H groups in total. The molecule has 0 fully saturated rings. The largest absolute Gasteiger partial charge is 0.465 e. The summed E-state index contributed by atoms with van der Waals surface area (Å²) in [5.41, 5.74) is 3.54. The number of aromatic amines is 1. The molecular formula is C18H20N2O3S. The van der Waals surface area contributed by atoms with E-state index in [0.717, 1.165) is 35.9 Å². The van der Waals surface area contributed by atoms with Gasteiger partial charge in [-0.15, -0.1) is 0 Å². The van der Waals surface area contributed by atoms with Crippen molar-refractivity contribution < 1.29 is 12.8 Å². The molecule has 2 aromatic heterocycles. The number of nitrogens with one attached hydrogen (secondary N) is 2. The van der Waals surface area contributed by atoms with Crippen LogP contribution in [0, 0.1) is 6.92 Å². The molecule has 1 aliphatic rings. The maximum atomic E-state index is 12.6. The van der Waals surface area contributed by atoms with Gasteiger partial charge >= 0.3 is 0 Å². The average molecular weight is 344 g/mol. The van der Waals surface area contributed by atoms with Gasteiger partial charge in [-0.1, -0.05) is 0 Å². The highest BCUT2D eigenvalue weighted by Gasteiger charge is 2.19. The lowest BCUT2D eigenvalue weighted by molar-refractivity contribution is 0.475. The molecule has 0 atom stereocenters. The fourth-order valence-electron chi connectivity index (χ4n) is 3.38. The van der Waals surface area contributed by atoms with E-state index in [4.69, 9.17) is 4.42 Å². The summed E-state index contributed by atoms with van der Waals surface area (Å²) in [6, 6.07) is 8.90. The van der Waals surface area contributed by atoms with E-state index in [1.54, 1.807) is 18.2 Å². The van der Waals surface area contributed by atoms with E-state index in [1.165, 1.54) is 17.7 Å². The Morgan fingerprint density at radius 2 is 2.00 bits per heavy atom. The van der Waals surface area contributed by atoms with Gasteiger partial charge in [-0.05, 0) is 68.5 Å². The zero-order valence-electron chi connectivity index (χ0n) is 13.6. The molecule has 0 bridgehead atoms. The van der Waals surface area contributed by atoms with E-state index in [-0.39, 0.29) is 6.54 Å². The first kappa shape index (κ1) is 15.5. The smallest absolute Gasteiger partial charge is 0.240 e. The minimum atomic E-state index is -3.57. The third kappa shape index (κ3) is 2.76. The van der Waals surface area contributed by atoms with Crippen molar-refractivity contribution >= 4 is 20.9 Å². The average Bonchev–Trinajstić information content (AvgIpc) is 3.15. The molecule has 4 rings (SSSR count). The Hall–Kier alpha value is -2.05. The van der Waals surface area contributed by atoms with Gasteiger partial charge in [0.05, 0.1) is 11.4 Å². The van der Waals surface area contributed by atoms with Crippen molar-refractivity contribution in [2.45, 2.75) is 44.0 Å². The minimum absolute atomic E-state index is 0.152. The van der Waals surface area contributed by atoms with Gasteiger partial charge in [0, 0.05) is 16.6 Å². The van der Waals surface area contributed by atoms with Crippen LogP contribution in [0.4, 0.5) is 0 Å². The highest BCUT2D eigenvalue weighted by molar-refractivity contribution is 7.89. The van der Waals surface area contributed by atoms with Gasteiger partial charge in [-0.2, -0.15) is 0 Å². The van der Waals surface area contributed by atoms with Crippen molar-refractivity contribution in [1.29, 1.82) is 0 Å². The first-order valence-electron chi connectivity index (χ1n) is 8.21. The maximum absolute atomic E-state index is 12.6. The molecule has 0 unspecified atom stereocenters. The summed E-state index contributed by atoms with van der Waals surface area (Å²) in [6.45, 7) is 1.99. The number of fused-ring (bicyclic) bond motifs is 3. The minimum Gasteiger partial charge on any atom is -0.465 e. The number of hydrogen-bond acceptors (Lipinski definition) is 3. The second-order valence-electron chi connectivity index (χ2n) is 6.33. The van der Waals surface area contributed by atoms with E-state index in [0.29, 0.717) is 10.7 Å². The Morgan fingerprint density at radius 1 is 1.17 bits per heavy atom. The summed E-state index contributed by atoms with van der Waals surface area (Å²) in [5.74, 6) is 1.38. The van der Waals surface area contributed by atoms with Crippen LogP contribution < -0.4 is 4.72 Å². The third-order valence-corrected chi connectivity index (χ3v) is 6.01. The van der Waals surface area contributed by atoms with Gasteiger partial charge in [0.2, 0.25) is 10.0 Å². The number of sulfonamides is 1. The zero-order chi connectivity index (χ0) is 16.7. The van der Waals surface area contributed by atoms with Crippen LogP contribution >= 0.6 is 0 Å². The normalized spacial score (nSPS) is 14.9. The van der Waals surface area contributed by atoms with Crippen LogP contribution in [-0.4, -0.2) is 13.4 Å². The van der Waals surface area contributed by atoms with Gasteiger partial charge in [0.15, 0.2) is 0 Å². The quantitative estimate of drug-likeness (QED) is 0.761. The summed E-state index contributed by atoms with van der Waals surface area (Å²) in [4.78, 5) is 3.72. The highest BCUT2D eigenvalue weighted by atomic mass is 32.2. The lowest BCUT2D eigenvalue weighted by Crippen LogP contribution is -2.23. The van der Waals surface area contributed by atoms with Gasteiger partial charge < -0.3 is 9.40 Å². The van der Waals surface area contributed by atoms with Gasteiger partial charge in [0.1, 0.15) is 11.5 Å². The van der Waals surface area contributed by atoms with Crippen molar-refractivity contribution in [3.63, 3.8) is 0 Å². The first-order chi connectivity index (χ1) is 11.5. The van der Waals surface area contributed by atoms with E-state index in [2.05, 4.69) is 9.71 Å². The number of furan rings is 1. The fraction of sp³-hybridized carbons (Fsp3) is 0.333. The molecule has 3 aromatic rings. The molecule has 0 saturated heterocycles. The van der Waals surface area contributed by atoms with Crippen LogP contribution in [0.1, 0.15) is 35.6 Å². The van der Waals surface area contributed by atoms with E-state index in [1.807, 2.05) is 19.1 Å². The molecule has 5 nitrogen and oxygen atoms in total. The molecule has 24 heavy (non-hydrogen) atoms. The second kappa shape index (κ2) is 5.79. The van der Waals surface area contributed by atoms with Crippen molar-refractivity contribution in [1.82, 2.24) is 9.71 Å². The summed E-state index contributed by atoms with van der Waals surface area (Å²) < 4.78 is 33.2. The van der Waals surface area contributed by atoms with Crippen molar-refractivity contribution in [2.24, 2.45) is 0 Å². The molecule has 0 radical (unpaired) electrons. The molecule has 1 aliphatic carbocycles. The van der Waals surface area contributed by atoms with E-state index >= 15 is 0 Å². The maximum Gasteiger partial charge on any atom is 0.240 e. The molecule has 0 saturated carbocycles. The molecular weight excluding hydrogens is 324 g/mol. The molecule has 6 heteroatoms. The molecule has 0 amide bonds. The topological polar surface area (TPSA) is 75.1 Å². The van der Waals surface area contributed by atoms with Gasteiger partial charge in [-0.25, -0.2) is 13.1 Å². The third-order valence-electron chi connectivity index (χ3n) is 4.61. The van der Waals surface area contributed by atoms with E-state index < -0.39 is 10.0 Å². The number of H-pyrrole nitrogens is 1. The van der Waals surface area contributed by atoms with Crippen LogP contribution in [0.2, 0.25) is 0 Å². The Labute approximate surface area is 141 Å². The lowest BCUT2D eigenvalue weighted by atomic mass is 9.96. The summed E-state index contributed by atoms with van der Waals surface area (Å²) in [6.07, 6.45) is 4.41. The summed E-state index contributed by atoms with van der Waals surface area (Å²) >= 11 is 0. The monoisotopic (exact) mass is 344 g/mol. The SMILES string of the molecule is Cc1ccc(CNS(=O)(=O)c2ccc3[nH]c4c(c3c2)CCCC4)o1. The van der Waals surface area contributed by atoms with Crippen LogP contribution in [0.25, 0.3) is 10.9 Å². The number of benzene rings is 1. The molecule has 2 heterocycles. The predicted octanol–water partition coefficient (Wildman–Crippen LogP) is 3.43. The zero-order valence-corrected chi connectivity index (χ0v) is 14.4. The molecule has 0 aliphatic heterocycles. The Kier molecular flexibility index (Phi) is 3.73. The number of aromatic nitrogens is 1. The Morgan fingerprint density at radius 3 is 2.79 bits per heavy atom. The fourth-order valence-corrected chi connectivity index (χ4v) is 4.40. The van der Waals surface area contributed by atoms with Crippen molar-refractivity contribution in [3.05, 3.63) is 53.1 Å². The van der Waals surface area contributed by atoms with Crippen molar-refractivity contribution in [2.75, 3.05) is 0 Å². The van der Waals surface area contributed by atoms with Gasteiger partial charge in [0.25, 0.3) is 0 Å². The first-order valence-corrected chi connectivity index (χ1v) is 9.70. The number of rotatable bonds is 4. The molecule has 0 spiro atoms. The van der Waals surface area contributed by atoms with Crippen molar-refractivity contribution in [3.8, 4) is 0 Å². The lowest BCUT2D eigenvalue weighted by Gasteiger charge is -2.10. The standard InChI is InChI=1S/C18H20N2O3S/c1-12-6-7-13(23-12)11-19-24(21,22)14-8-9-18-16(10-14)15-4-2-3-5-17(15)20-18/h6-10,19-20H,2-5,11H2,1H3. The van der Waals surface area contributed by atoms with E-state index in [9.17, 15) is 8.42 Å². The van der Waals surface area contributed by atoms with Crippen LogP contribution in [0.3, 0.4) is 0 Å². The Bertz CT molecular complexity index is 999. The van der Waals surface area contributed by atoms with Gasteiger partial charge in [-0.3, -0.25) is 0 Å². The molecule has 126 valence electrons. The molecule has 1 aromatic carbocycles. The number of hydrogen-bond donors (Lipinski definition) is 2.